The molecule has 0 aromatic heterocycles. The van der Waals surface area contributed by atoms with Crippen molar-refractivity contribution in [3.05, 3.63) is 22.2 Å². The highest BCUT2D eigenvalue weighted by molar-refractivity contribution is 9.10. The van der Waals surface area contributed by atoms with Crippen molar-refractivity contribution in [1.29, 1.82) is 0 Å². The minimum Gasteiger partial charge on any atom is -0.493 e. The summed E-state index contributed by atoms with van der Waals surface area (Å²) in [6.45, 7) is 2.98. The fourth-order valence-corrected chi connectivity index (χ4v) is 2.13. The summed E-state index contributed by atoms with van der Waals surface area (Å²) in [7, 11) is 3.19. The lowest BCUT2D eigenvalue weighted by atomic mass is 10.2. The van der Waals surface area contributed by atoms with Gasteiger partial charge in [-0.2, -0.15) is 5.10 Å². The van der Waals surface area contributed by atoms with Crippen LogP contribution in [-0.2, 0) is 0 Å². The number of nitrogens with zero attached hydrogens (tertiary/aromatic N) is 1. The van der Waals surface area contributed by atoms with E-state index in [1.807, 2.05) is 12.1 Å². The second-order valence-electron chi connectivity index (χ2n) is 4.21. The zero-order chi connectivity index (χ0) is 15.7. The van der Waals surface area contributed by atoms with E-state index in [0.29, 0.717) is 16.6 Å². The van der Waals surface area contributed by atoms with Crippen LogP contribution in [0.25, 0.3) is 0 Å². The number of methoxy groups -OCH3 is 2. The maximum Gasteiger partial charge on any atom is 0.186 e. The maximum absolute atomic E-state index is 5.26. The van der Waals surface area contributed by atoms with E-state index < -0.39 is 0 Å². The largest absolute Gasteiger partial charge is 0.493 e. The molecule has 0 aliphatic carbocycles. The highest BCUT2D eigenvalue weighted by Crippen LogP contribution is 2.32. The summed E-state index contributed by atoms with van der Waals surface area (Å²) in [6, 6.07) is 3.67. The lowest BCUT2D eigenvalue weighted by Crippen LogP contribution is -2.32. The van der Waals surface area contributed by atoms with E-state index in [1.54, 1.807) is 20.4 Å². The molecule has 116 valence electrons. The second kappa shape index (κ2) is 9.57. The van der Waals surface area contributed by atoms with Crippen LogP contribution in [0.4, 0.5) is 0 Å². The minimum atomic E-state index is 0.510. The summed E-state index contributed by atoms with van der Waals surface area (Å²) in [6.07, 6.45) is 3.87. The van der Waals surface area contributed by atoms with Crippen molar-refractivity contribution in [2.45, 2.75) is 19.8 Å². The Morgan fingerprint density at radius 2 is 2.00 bits per heavy atom. The van der Waals surface area contributed by atoms with Crippen molar-refractivity contribution in [3.63, 3.8) is 0 Å². The van der Waals surface area contributed by atoms with Gasteiger partial charge in [-0.25, -0.2) is 0 Å². The smallest absolute Gasteiger partial charge is 0.186 e. The van der Waals surface area contributed by atoms with Gasteiger partial charge >= 0.3 is 0 Å². The molecule has 1 aromatic carbocycles. The second-order valence-corrected chi connectivity index (χ2v) is 5.47. The summed E-state index contributed by atoms with van der Waals surface area (Å²) < 4.78 is 11.3. The number of rotatable bonds is 7. The van der Waals surface area contributed by atoms with E-state index in [2.05, 4.69) is 38.7 Å². The first-order valence-electron chi connectivity index (χ1n) is 6.60. The van der Waals surface area contributed by atoms with Gasteiger partial charge in [0.1, 0.15) is 0 Å². The first-order chi connectivity index (χ1) is 10.1. The first kappa shape index (κ1) is 17.7. The summed E-state index contributed by atoms with van der Waals surface area (Å²) in [5, 5.41) is 7.69. The Morgan fingerprint density at radius 3 is 2.62 bits per heavy atom. The third-order valence-electron chi connectivity index (χ3n) is 2.69. The molecule has 0 saturated heterocycles. The number of benzene rings is 1. The van der Waals surface area contributed by atoms with Crippen LogP contribution in [0.2, 0.25) is 0 Å². The van der Waals surface area contributed by atoms with Crippen molar-refractivity contribution in [2.75, 3.05) is 20.8 Å². The van der Waals surface area contributed by atoms with Crippen molar-refractivity contribution in [2.24, 2.45) is 5.10 Å². The highest BCUT2D eigenvalue weighted by Gasteiger charge is 2.08. The van der Waals surface area contributed by atoms with Crippen LogP contribution in [0.5, 0.6) is 11.5 Å². The van der Waals surface area contributed by atoms with Crippen LogP contribution in [0.1, 0.15) is 25.3 Å². The minimum absolute atomic E-state index is 0.510. The molecule has 0 unspecified atom stereocenters. The Balaban J connectivity index is 2.65. The van der Waals surface area contributed by atoms with Gasteiger partial charge in [-0.1, -0.05) is 13.3 Å². The fourth-order valence-electron chi connectivity index (χ4n) is 1.55. The molecule has 0 aliphatic rings. The predicted molar refractivity (Wildman–Crippen MR) is 93.5 cm³/mol. The van der Waals surface area contributed by atoms with Crippen molar-refractivity contribution in [1.82, 2.24) is 10.7 Å². The maximum atomic E-state index is 5.26. The summed E-state index contributed by atoms with van der Waals surface area (Å²) >= 11 is 8.58. The van der Waals surface area contributed by atoms with E-state index in [9.17, 15) is 0 Å². The number of hydrazone groups is 1. The van der Waals surface area contributed by atoms with Gasteiger partial charge < -0.3 is 14.8 Å². The Hall–Kier alpha value is -1.34. The molecule has 2 N–H and O–H groups in total. The van der Waals surface area contributed by atoms with Gasteiger partial charge in [0.2, 0.25) is 0 Å². The molecular weight excluding hydrogens is 354 g/mol. The van der Waals surface area contributed by atoms with Crippen molar-refractivity contribution < 1.29 is 9.47 Å². The Labute approximate surface area is 139 Å². The molecule has 1 rings (SSSR count). The number of ether oxygens (including phenoxy) is 2. The average molecular weight is 374 g/mol. The molecule has 0 fully saturated rings. The van der Waals surface area contributed by atoms with Gasteiger partial charge in [0.25, 0.3) is 0 Å². The number of halogens is 1. The van der Waals surface area contributed by atoms with Crippen LogP contribution < -0.4 is 20.2 Å². The summed E-state index contributed by atoms with van der Waals surface area (Å²) in [5.41, 5.74) is 3.64. The highest BCUT2D eigenvalue weighted by atomic mass is 79.9. The van der Waals surface area contributed by atoms with Crippen LogP contribution in [0, 0.1) is 0 Å². The predicted octanol–water partition coefficient (Wildman–Crippen LogP) is 3.06. The molecule has 7 heteroatoms. The lowest BCUT2D eigenvalue weighted by molar-refractivity contribution is 0.354. The number of nitrogens with one attached hydrogen (secondary N) is 2. The molecule has 5 nitrogen and oxygen atoms in total. The third kappa shape index (κ3) is 5.89. The topological polar surface area (TPSA) is 54.9 Å². The monoisotopic (exact) mass is 373 g/mol. The molecule has 0 atom stereocenters. The standard InChI is InChI=1S/C14H20BrN3O2S/c1-4-5-6-16-14(21)18-17-9-10-7-12(19-2)13(20-3)8-11(10)15/h7-9H,4-6H2,1-3H3,(H2,16,18,21)/b17-9-. The molecule has 1 aromatic rings. The van der Waals surface area contributed by atoms with E-state index >= 15 is 0 Å². The number of hydrogen-bond acceptors (Lipinski definition) is 4. The molecule has 0 amide bonds. The molecule has 0 aliphatic heterocycles. The number of hydrogen-bond donors (Lipinski definition) is 2. The van der Waals surface area contributed by atoms with Crippen LogP contribution in [-0.4, -0.2) is 32.1 Å². The summed E-state index contributed by atoms with van der Waals surface area (Å²) in [5.74, 6) is 1.30. The average Bonchev–Trinajstić information content (AvgIpc) is 2.48. The van der Waals surface area contributed by atoms with Gasteiger partial charge in [0.15, 0.2) is 16.6 Å². The fraction of sp³-hybridized carbons (Fsp3) is 0.429. The summed E-state index contributed by atoms with van der Waals surface area (Å²) in [4.78, 5) is 0. The van der Waals surface area contributed by atoms with Crippen LogP contribution >= 0.6 is 28.1 Å². The molecular formula is C14H20BrN3O2S. The Kier molecular flexibility index (Phi) is 8.07. The quantitative estimate of drug-likeness (QED) is 0.333. The third-order valence-corrected chi connectivity index (χ3v) is 3.61. The van der Waals surface area contributed by atoms with Crippen LogP contribution in [0.3, 0.4) is 0 Å². The molecule has 0 radical (unpaired) electrons. The van der Waals surface area contributed by atoms with E-state index in [4.69, 9.17) is 21.7 Å². The lowest BCUT2D eigenvalue weighted by Gasteiger charge is -2.10. The van der Waals surface area contributed by atoms with E-state index in [-0.39, 0.29) is 0 Å². The SMILES string of the molecule is CCCCNC(=S)N/N=C\c1cc(OC)c(OC)cc1Br. The van der Waals surface area contributed by atoms with Crippen LogP contribution in [0.15, 0.2) is 21.7 Å². The first-order valence-corrected chi connectivity index (χ1v) is 7.80. The Morgan fingerprint density at radius 1 is 1.33 bits per heavy atom. The molecule has 0 heterocycles. The molecule has 21 heavy (non-hydrogen) atoms. The normalized spacial score (nSPS) is 10.5. The van der Waals surface area contributed by atoms with E-state index in [1.165, 1.54) is 0 Å². The van der Waals surface area contributed by atoms with Gasteiger partial charge in [-0.3, -0.25) is 5.43 Å². The Bertz CT molecular complexity index is 509. The zero-order valence-electron chi connectivity index (χ0n) is 12.4. The zero-order valence-corrected chi connectivity index (χ0v) is 14.8. The van der Waals surface area contributed by atoms with Crippen molar-refractivity contribution >= 4 is 39.5 Å². The van der Waals surface area contributed by atoms with Gasteiger partial charge in [0.05, 0.1) is 20.4 Å². The van der Waals surface area contributed by atoms with Gasteiger partial charge in [-0.05, 0) is 46.7 Å². The van der Waals surface area contributed by atoms with Gasteiger partial charge in [0, 0.05) is 16.6 Å². The van der Waals surface area contributed by atoms with Crippen molar-refractivity contribution in [3.8, 4) is 11.5 Å². The number of thiocarbonyl (C=S) groups is 1. The number of unbranched alkanes of at least 4 members (excludes halogenated alkanes) is 1. The van der Waals surface area contributed by atoms with E-state index in [0.717, 1.165) is 29.4 Å². The van der Waals surface area contributed by atoms with Gasteiger partial charge in [-0.15, -0.1) is 0 Å². The molecule has 0 saturated carbocycles. The molecule has 0 bridgehead atoms. The molecule has 0 spiro atoms.